The van der Waals surface area contributed by atoms with Gasteiger partial charge in [0.2, 0.25) is 8.41 Å². The highest BCUT2D eigenvalue weighted by Gasteiger charge is 2.66. The Kier molecular flexibility index (Phi) is 8.08. The predicted octanol–water partition coefficient (Wildman–Crippen LogP) is 4.77. The van der Waals surface area contributed by atoms with Crippen LogP contribution < -0.4 is 10.5 Å². The van der Waals surface area contributed by atoms with Crippen LogP contribution in [0.3, 0.4) is 0 Å². The number of aromatic nitrogens is 5. The van der Waals surface area contributed by atoms with E-state index in [0.717, 1.165) is 5.56 Å². The normalized spacial score (nSPS) is 22.0. The number of aromatic amines is 1. The average Bonchev–Trinajstić information content (AvgIpc) is 3.80. The zero-order valence-corrected chi connectivity index (χ0v) is 28.2. The number of aryl methyl sites for hydroxylation is 1. The summed E-state index contributed by atoms with van der Waals surface area (Å²) in [5, 5.41) is 33.0. The SMILES string of the molecule is C[C@H]1[C@H]([Si](C)(C)F)[C@@H](CCn2cc(CCO)nn2)O[C@]12C(=O)N(Cc1ccc(-n3[nH]c4ccccc4c3=O)cc1)c1ccc([N+](=O)[O-])cc12. The lowest BCUT2D eigenvalue weighted by molar-refractivity contribution is -0.385. The van der Waals surface area contributed by atoms with Gasteiger partial charge in [-0.25, -0.2) is 4.68 Å². The van der Waals surface area contributed by atoms with E-state index in [1.807, 2.05) is 31.2 Å². The lowest BCUT2D eigenvalue weighted by Crippen LogP contribution is -2.45. The first kappa shape index (κ1) is 32.5. The number of aliphatic hydroxyl groups is 1. The van der Waals surface area contributed by atoms with Gasteiger partial charge < -0.3 is 18.9 Å². The summed E-state index contributed by atoms with van der Waals surface area (Å²) in [4.78, 5) is 40.7. The average molecular weight is 686 g/mol. The van der Waals surface area contributed by atoms with E-state index >= 15 is 4.11 Å². The molecule has 4 atom stereocenters. The van der Waals surface area contributed by atoms with Gasteiger partial charge in [-0.15, -0.1) is 5.10 Å². The Morgan fingerprint density at radius 2 is 1.88 bits per heavy atom. The van der Waals surface area contributed by atoms with E-state index in [0.29, 0.717) is 52.9 Å². The highest BCUT2D eigenvalue weighted by atomic mass is 28.4. The molecule has 0 unspecified atom stereocenters. The summed E-state index contributed by atoms with van der Waals surface area (Å²) in [6.45, 7) is 5.42. The van der Waals surface area contributed by atoms with E-state index in [-0.39, 0.29) is 24.4 Å². The first-order valence-electron chi connectivity index (χ1n) is 16.2. The lowest BCUT2D eigenvalue weighted by atomic mass is 9.82. The maximum Gasteiger partial charge on any atom is 0.279 e. The summed E-state index contributed by atoms with van der Waals surface area (Å²) in [6.07, 6.45) is 1.75. The van der Waals surface area contributed by atoms with E-state index < -0.39 is 42.4 Å². The van der Waals surface area contributed by atoms with Gasteiger partial charge in [0.25, 0.3) is 17.2 Å². The molecule has 13 nitrogen and oxygen atoms in total. The van der Waals surface area contributed by atoms with E-state index in [1.165, 1.54) is 16.8 Å². The molecule has 49 heavy (non-hydrogen) atoms. The molecule has 5 aromatic rings. The number of non-ortho nitro benzene ring substituents is 1. The molecule has 3 aromatic carbocycles. The van der Waals surface area contributed by atoms with Gasteiger partial charge in [0.1, 0.15) is 0 Å². The highest BCUT2D eigenvalue weighted by Crippen LogP contribution is 2.60. The number of H-pyrrole nitrogens is 1. The molecule has 4 heterocycles. The Labute approximate surface area is 281 Å². The minimum Gasteiger partial charge on any atom is -0.396 e. The number of amides is 1. The predicted molar refractivity (Wildman–Crippen MR) is 182 cm³/mol. The Morgan fingerprint density at radius 3 is 2.57 bits per heavy atom. The van der Waals surface area contributed by atoms with Crippen LogP contribution in [-0.2, 0) is 34.6 Å². The molecule has 2 aromatic heterocycles. The molecular weight excluding hydrogens is 650 g/mol. The number of halogens is 1. The minimum absolute atomic E-state index is 0.0629. The number of nitro benzene ring substituents is 1. The fourth-order valence-corrected chi connectivity index (χ4v) is 10.2. The number of anilines is 1. The van der Waals surface area contributed by atoms with Crippen molar-refractivity contribution in [3.63, 3.8) is 0 Å². The molecule has 2 aliphatic heterocycles. The first-order valence-corrected chi connectivity index (χ1v) is 19.1. The molecular formula is C34H36FN7O6Si. The van der Waals surface area contributed by atoms with Crippen LogP contribution in [0.15, 0.2) is 77.7 Å². The molecule has 1 amide bonds. The topological polar surface area (TPSA) is 161 Å². The van der Waals surface area contributed by atoms with E-state index in [2.05, 4.69) is 15.4 Å². The number of nitro groups is 1. The first-order chi connectivity index (χ1) is 23.4. The number of aliphatic hydroxyl groups excluding tert-OH is 1. The number of ether oxygens (including phenoxy) is 1. The number of hydrogen-bond acceptors (Lipinski definition) is 8. The number of nitrogens with zero attached hydrogens (tertiary/aromatic N) is 6. The zero-order valence-electron chi connectivity index (χ0n) is 27.2. The summed E-state index contributed by atoms with van der Waals surface area (Å²) in [7, 11) is -3.47. The Balaban J connectivity index is 1.22. The highest BCUT2D eigenvalue weighted by molar-refractivity contribution is 6.72. The third-order valence-corrected chi connectivity index (χ3v) is 12.3. The molecule has 1 spiro atoms. The van der Waals surface area contributed by atoms with Crippen LogP contribution in [0.1, 0.15) is 30.2 Å². The third kappa shape index (κ3) is 5.47. The van der Waals surface area contributed by atoms with Gasteiger partial charge >= 0.3 is 0 Å². The van der Waals surface area contributed by atoms with Gasteiger partial charge in [-0.3, -0.25) is 29.5 Å². The summed E-state index contributed by atoms with van der Waals surface area (Å²) < 4.78 is 26.0. The van der Waals surface area contributed by atoms with Gasteiger partial charge in [-0.05, 0) is 55.4 Å². The summed E-state index contributed by atoms with van der Waals surface area (Å²) in [5.41, 5.74) is 0.950. The van der Waals surface area contributed by atoms with Crippen molar-refractivity contribution in [2.75, 3.05) is 11.5 Å². The Hall–Kier alpha value is -4.99. The molecule has 0 saturated carbocycles. The van der Waals surface area contributed by atoms with Gasteiger partial charge in [0.05, 0.1) is 45.5 Å². The van der Waals surface area contributed by atoms with Crippen LogP contribution in [0, 0.1) is 16.0 Å². The van der Waals surface area contributed by atoms with Crippen molar-refractivity contribution in [3.05, 3.63) is 110 Å². The van der Waals surface area contributed by atoms with Gasteiger partial charge in [-0.1, -0.05) is 36.4 Å². The number of para-hydroxylation sites is 1. The van der Waals surface area contributed by atoms with Crippen molar-refractivity contribution in [2.45, 2.75) is 63.2 Å². The van der Waals surface area contributed by atoms with Crippen LogP contribution in [0.5, 0.6) is 0 Å². The molecule has 1 saturated heterocycles. The van der Waals surface area contributed by atoms with Crippen LogP contribution in [0.25, 0.3) is 16.6 Å². The number of carbonyl (C=O) groups excluding carboxylic acids is 1. The second kappa shape index (κ2) is 12.2. The van der Waals surface area contributed by atoms with Crippen LogP contribution >= 0.6 is 0 Å². The fourth-order valence-electron chi connectivity index (χ4n) is 7.69. The molecule has 1 fully saturated rings. The maximum absolute atomic E-state index is 16.2. The van der Waals surface area contributed by atoms with Gasteiger partial charge in [0.15, 0.2) is 5.60 Å². The molecule has 7 rings (SSSR count). The second-order valence-corrected chi connectivity index (χ2v) is 17.1. The monoisotopic (exact) mass is 685 g/mol. The number of hydrogen-bond donors (Lipinski definition) is 2. The Morgan fingerprint density at radius 1 is 1.12 bits per heavy atom. The molecule has 254 valence electrons. The van der Waals surface area contributed by atoms with Gasteiger partial charge in [0, 0.05) is 54.9 Å². The number of rotatable bonds is 10. The maximum atomic E-state index is 16.2. The van der Waals surface area contributed by atoms with Crippen molar-refractivity contribution in [3.8, 4) is 5.69 Å². The smallest absolute Gasteiger partial charge is 0.279 e. The molecule has 0 aliphatic carbocycles. The lowest BCUT2D eigenvalue weighted by Gasteiger charge is -2.31. The minimum atomic E-state index is -3.47. The van der Waals surface area contributed by atoms with Crippen LogP contribution in [0.4, 0.5) is 15.5 Å². The summed E-state index contributed by atoms with van der Waals surface area (Å²) in [6, 6.07) is 18.8. The molecule has 0 bridgehead atoms. The quantitative estimate of drug-likeness (QED) is 0.0921. The largest absolute Gasteiger partial charge is 0.396 e. The zero-order chi connectivity index (χ0) is 34.7. The van der Waals surface area contributed by atoms with E-state index in [4.69, 9.17) is 4.74 Å². The van der Waals surface area contributed by atoms with E-state index in [1.54, 1.807) is 59.2 Å². The van der Waals surface area contributed by atoms with Crippen molar-refractivity contribution in [1.29, 1.82) is 0 Å². The van der Waals surface area contributed by atoms with Crippen molar-refractivity contribution in [2.24, 2.45) is 5.92 Å². The van der Waals surface area contributed by atoms with E-state index in [9.17, 15) is 24.8 Å². The molecule has 2 N–H and O–H groups in total. The van der Waals surface area contributed by atoms with Crippen molar-refractivity contribution < 1.29 is 23.7 Å². The summed E-state index contributed by atoms with van der Waals surface area (Å²) >= 11 is 0. The number of benzene rings is 3. The van der Waals surface area contributed by atoms with Crippen molar-refractivity contribution >= 4 is 36.6 Å². The molecule has 15 heteroatoms. The fraction of sp³-hybridized carbons (Fsp3) is 0.353. The Bertz CT molecular complexity index is 2120. The number of fused-ring (bicyclic) bond motifs is 3. The number of carbonyl (C=O) groups is 1. The number of nitrogens with one attached hydrogen (secondary N) is 1. The standard InChI is InChI=1S/C34H36FN7O6Si/c1-21-31(49(2,3)35)30(14-16-39-20-23(15-17-43)36-38-39)48-34(21)27-18-25(42(46)47)12-13-29(27)40(33(34)45)19-22-8-10-24(11-9-22)41-32(44)26-6-4-5-7-28(26)37-41/h4-13,18,20-21,30-31,37,43H,14-17,19H2,1-3H3/t21-,30+,31-,34+/m0/s1. The summed E-state index contributed by atoms with van der Waals surface area (Å²) in [5.74, 6) is -1.03. The molecule has 2 aliphatic rings. The second-order valence-electron chi connectivity index (χ2n) is 13.3. The van der Waals surface area contributed by atoms with Crippen LogP contribution in [-0.4, -0.2) is 61.8 Å². The molecule has 0 radical (unpaired) electrons. The van der Waals surface area contributed by atoms with Gasteiger partial charge in [-0.2, -0.15) is 0 Å². The van der Waals surface area contributed by atoms with Crippen molar-refractivity contribution in [1.82, 2.24) is 24.8 Å². The van der Waals surface area contributed by atoms with Crippen LogP contribution in [0.2, 0.25) is 18.6 Å². The third-order valence-electron chi connectivity index (χ3n) is 9.88.